The number of hydrogen-bond donors (Lipinski definition) is 0. The fourth-order valence-electron chi connectivity index (χ4n) is 1.37. The fourth-order valence-corrected chi connectivity index (χ4v) is 1.37. The summed E-state index contributed by atoms with van der Waals surface area (Å²) in [4.78, 5) is 0. The van der Waals surface area contributed by atoms with Crippen LogP contribution < -0.4 is 24.8 Å². The van der Waals surface area contributed by atoms with Gasteiger partial charge in [0.2, 0.25) is 0 Å². The fraction of sp³-hybridized carbons (Fsp3) is 0.125. The SMILES string of the molecule is N#CCc1ccccc1.N#CCc1ccccc1.[Cl-].[Cl-].[Pd+2]. The number of halogens is 2. The van der Waals surface area contributed by atoms with Crippen LogP contribution in [0.25, 0.3) is 0 Å². The van der Waals surface area contributed by atoms with E-state index in [-0.39, 0.29) is 45.2 Å². The van der Waals surface area contributed by atoms with E-state index in [0.717, 1.165) is 11.1 Å². The molecule has 0 saturated carbocycles. The molecule has 0 aromatic heterocycles. The van der Waals surface area contributed by atoms with Crippen LogP contribution >= 0.6 is 0 Å². The van der Waals surface area contributed by atoms with Crippen LogP contribution in [-0.4, -0.2) is 0 Å². The van der Waals surface area contributed by atoms with E-state index in [1.165, 1.54) is 0 Å². The number of hydrogen-bond acceptors (Lipinski definition) is 2. The topological polar surface area (TPSA) is 47.6 Å². The second-order valence-electron chi connectivity index (χ2n) is 3.64. The number of nitrogens with zero attached hydrogens (tertiary/aromatic N) is 2. The van der Waals surface area contributed by atoms with E-state index < -0.39 is 0 Å². The molecule has 2 aromatic rings. The molecular formula is C16H14Cl2N2Pd. The molecule has 0 atom stereocenters. The molecule has 0 spiro atoms. The van der Waals surface area contributed by atoms with E-state index >= 15 is 0 Å². The first kappa shape index (κ1) is 24.7. The van der Waals surface area contributed by atoms with E-state index in [9.17, 15) is 0 Å². The molecule has 5 heteroatoms. The van der Waals surface area contributed by atoms with Crippen LogP contribution in [0.4, 0.5) is 0 Å². The molecule has 2 rings (SSSR count). The van der Waals surface area contributed by atoms with Crippen LogP contribution in [0.1, 0.15) is 11.1 Å². The van der Waals surface area contributed by atoms with Crippen molar-refractivity contribution in [1.82, 2.24) is 0 Å². The molecule has 2 nitrogen and oxygen atoms in total. The predicted molar refractivity (Wildman–Crippen MR) is 71.5 cm³/mol. The Morgan fingerprint density at radius 3 is 1.14 bits per heavy atom. The van der Waals surface area contributed by atoms with Crippen molar-refractivity contribution in [3.05, 3.63) is 71.8 Å². The van der Waals surface area contributed by atoms with Gasteiger partial charge in [0.25, 0.3) is 0 Å². The van der Waals surface area contributed by atoms with Gasteiger partial charge in [-0.3, -0.25) is 0 Å². The zero-order chi connectivity index (χ0) is 13.1. The molecule has 21 heavy (non-hydrogen) atoms. The summed E-state index contributed by atoms with van der Waals surface area (Å²) < 4.78 is 0. The average Bonchev–Trinajstić information content (AvgIpc) is 2.43. The molecule has 0 aliphatic heterocycles. The molecule has 0 aliphatic rings. The van der Waals surface area contributed by atoms with E-state index in [4.69, 9.17) is 10.5 Å². The summed E-state index contributed by atoms with van der Waals surface area (Å²) in [5.41, 5.74) is 2.17. The molecule has 0 N–H and O–H groups in total. The van der Waals surface area contributed by atoms with Crippen molar-refractivity contribution >= 4 is 0 Å². The standard InChI is InChI=1S/2C8H7N.2ClH.Pd/c2*9-7-6-8-4-2-1-3-5-8;;;/h2*1-5H,6H2;2*1H;/q;;;;+2/p-2. The summed E-state index contributed by atoms with van der Waals surface area (Å²) in [7, 11) is 0. The smallest absolute Gasteiger partial charge is 1.00 e. The second kappa shape index (κ2) is 16.7. The number of benzene rings is 2. The maximum atomic E-state index is 8.27. The minimum absolute atomic E-state index is 0. The molecule has 0 amide bonds. The number of rotatable bonds is 2. The zero-order valence-corrected chi connectivity index (χ0v) is 14.2. The van der Waals surface area contributed by atoms with Gasteiger partial charge in [0, 0.05) is 0 Å². The molecular weight excluding hydrogens is 398 g/mol. The van der Waals surface area contributed by atoms with E-state index in [2.05, 4.69) is 12.1 Å². The van der Waals surface area contributed by atoms with Gasteiger partial charge in [-0.2, -0.15) is 10.5 Å². The van der Waals surface area contributed by atoms with E-state index in [0.29, 0.717) is 12.8 Å². The molecule has 0 heterocycles. The van der Waals surface area contributed by atoms with Crippen LogP contribution in [0.2, 0.25) is 0 Å². The van der Waals surface area contributed by atoms with Gasteiger partial charge in [-0.15, -0.1) is 0 Å². The van der Waals surface area contributed by atoms with Gasteiger partial charge < -0.3 is 24.8 Å². The first-order chi connectivity index (χ1) is 8.86. The molecule has 0 aliphatic carbocycles. The minimum Gasteiger partial charge on any atom is -1.00 e. The monoisotopic (exact) mass is 410 g/mol. The van der Waals surface area contributed by atoms with Gasteiger partial charge >= 0.3 is 20.4 Å². The third kappa shape index (κ3) is 12.1. The first-order valence-corrected chi connectivity index (χ1v) is 5.68. The van der Waals surface area contributed by atoms with Crippen molar-refractivity contribution in [3.63, 3.8) is 0 Å². The predicted octanol–water partition coefficient (Wildman–Crippen LogP) is -2.49. The minimum atomic E-state index is 0. The number of nitriles is 2. The van der Waals surface area contributed by atoms with Crippen molar-refractivity contribution in [2.75, 3.05) is 0 Å². The largest absolute Gasteiger partial charge is 2.00 e. The second-order valence-corrected chi connectivity index (χ2v) is 3.64. The normalized spacial score (nSPS) is 7.14. The van der Waals surface area contributed by atoms with Crippen molar-refractivity contribution in [2.45, 2.75) is 12.8 Å². The Labute approximate surface area is 152 Å². The van der Waals surface area contributed by atoms with Gasteiger partial charge in [-0.1, -0.05) is 60.7 Å². The van der Waals surface area contributed by atoms with Crippen molar-refractivity contribution < 1.29 is 45.2 Å². The van der Waals surface area contributed by atoms with Crippen molar-refractivity contribution in [1.29, 1.82) is 10.5 Å². The third-order valence-electron chi connectivity index (χ3n) is 2.25. The Hall–Kier alpha value is -1.34. The van der Waals surface area contributed by atoms with Crippen LogP contribution in [-0.2, 0) is 33.3 Å². The average molecular weight is 412 g/mol. The summed E-state index contributed by atoms with van der Waals surface area (Å²) >= 11 is 0. The molecule has 0 fully saturated rings. The maximum absolute atomic E-state index is 8.27. The molecule has 2 aromatic carbocycles. The quantitative estimate of drug-likeness (QED) is 0.514. The van der Waals surface area contributed by atoms with Crippen LogP contribution in [0.15, 0.2) is 60.7 Å². The molecule has 0 unspecified atom stereocenters. The van der Waals surface area contributed by atoms with E-state index in [1.807, 2.05) is 60.7 Å². The van der Waals surface area contributed by atoms with Gasteiger partial charge in [0.05, 0.1) is 25.0 Å². The summed E-state index contributed by atoms with van der Waals surface area (Å²) in [6, 6.07) is 23.6. The Morgan fingerprint density at radius 2 is 0.905 bits per heavy atom. The summed E-state index contributed by atoms with van der Waals surface area (Å²) in [6.07, 6.45) is 1.03. The Bertz CT molecular complexity index is 482. The summed E-state index contributed by atoms with van der Waals surface area (Å²) in [5.74, 6) is 0. The first-order valence-electron chi connectivity index (χ1n) is 5.68. The van der Waals surface area contributed by atoms with Crippen molar-refractivity contribution in [2.24, 2.45) is 0 Å². The van der Waals surface area contributed by atoms with Crippen LogP contribution in [0.5, 0.6) is 0 Å². The Morgan fingerprint density at radius 1 is 0.619 bits per heavy atom. The van der Waals surface area contributed by atoms with Crippen LogP contribution in [0, 0.1) is 22.7 Å². The molecule has 112 valence electrons. The molecule has 0 radical (unpaired) electrons. The molecule has 0 bridgehead atoms. The summed E-state index contributed by atoms with van der Waals surface area (Å²) in [6.45, 7) is 0. The Kier molecular flexibility index (Phi) is 19.6. The van der Waals surface area contributed by atoms with Gasteiger partial charge in [0.1, 0.15) is 0 Å². The van der Waals surface area contributed by atoms with Gasteiger partial charge in [-0.25, -0.2) is 0 Å². The zero-order valence-electron chi connectivity index (χ0n) is 11.2. The van der Waals surface area contributed by atoms with Gasteiger partial charge in [0.15, 0.2) is 0 Å². The Balaban J connectivity index is -0.000000270. The van der Waals surface area contributed by atoms with Crippen molar-refractivity contribution in [3.8, 4) is 12.1 Å². The third-order valence-corrected chi connectivity index (χ3v) is 2.25. The van der Waals surface area contributed by atoms with Gasteiger partial charge in [-0.05, 0) is 11.1 Å². The summed E-state index contributed by atoms with van der Waals surface area (Å²) in [5, 5.41) is 16.5. The molecule has 0 saturated heterocycles. The van der Waals surface area contributed by atoms with Crippen LogP contribution in [0.3, 0.4) is 0 Å². The maximum Gasteiger partial charge on any atom is 2.00 e. The van der Waals surface area contributed by atoms with E-state index in [1.54, 1.807) is 0 Å².